The molecule has 1 amide bonds. The molecule has 3 aromatic heterocycles. The highest BCUT2D eigenvalue weighted by Gasteiger charge is 2.19. The number of carbonyl (C=O) groups excluding carboxylic acids is 1. The number of rotatable bonds is 5. The van der Waals surface area contributed by atoms with Gasteiger partial charge in [-0.2, -0.15) is 0 Å². The number of fused-ring (bicyclic) bond motifs is 1. The lowest BCUT2D eigenvalue weighted by Crippen LogP contribution is -2.27. The summed E-state index contributed by atoms with van der Waals surface area (Å²) in [5.74, 6) is 1.44. The first-order valence-electron chi connectivity index (χ1n) is 9.78. The Morgan fingerprint density at radius 1 is 1.23 bits per heavy atom. The van der Waals surface area contributed by atoms with Crippen LogP contribution in [-0.2, 0) is 4.79 Å². The van der Waals surface area contributed by atoms with Crippen LogP contribution in [0.5, 0.6) is 0 Å². The first-order chi connectivity index (χ1) is 14.3. The molecule has 1 atom stereocenters. The summed E-state index contributed by atoms with van der Waals surface area (Å²) >= 11 is 1.62. The number of hydrogen-bond acceptors (Lipinski definition) is 5. The van der Waals surface area contributed by atoms with E-state index >= 15 is 0 Å². The summed E-state index contributed by atoms with van der Waals surface area (Å²) in [6, 6.07) is 11.9. The van der Waals surface area contributed by atoms with E-state index in [0.717, 1.165) is 43.8 Å². The van der Waals surface area contributed by atoms with E-state index in [1.54, 1.807) is 22.3 Å². The van der Waals surface area contributed by atoms with Crippen LogP contribution in [-0.4, -0.2) is 32.6 Å². The molecule has 3 heterocycles. The number of carbonyl (C=O) groups is 1. The molecule has 30 heavy (non-hydrogen) atoms. The molecular weight excluding hydrogens is 396 g/mol. The van der Waals surface area contributed by atoms with Gasteiger partial charge >= 0.3 is 0 Å². The maximum atomic E-state index is 12.8. The van der Waals surface area contributed by atoms with Crippen LogP contribution in [0.4, 0.5) is 0 Å². The number of amides is 1. The van der Waals surface area contributed by atoms with Crippen LogP contribution < -0.4 is 0 Å². The number of thiazole rings is 1. The fraction of sp³-hybridized carbons (Fsp3) is 0.261. The Morgan fingerprint density at radius 2 is 2.00 bits per heavy atom. The Morgan fingerprint density at radius 3 is 2.70 bits per heavy atom. The zero-order valence-corrected chi connectivity index (χ0v) is 18.5. The summed E-state index contributed by atoms with van der Waals surface area (Å²) in [7, 11) is 1.81. The topological polar surface area (TPSA) is 64.2 Å². The minimum absolute atomic E-state index is 0.0659. The van der Waals surface area contributed by atoms with Crippen LogP contribution in [0.15, 0.2) is 47.0 Å². The quantitative estimate of drug-likeness (QED) is 0.415. The third-order valence-electron chi connectivity index (χ3n) is 5.32. The van der Waals surface area contributed by atoms with Crippen molar-refractivity contribution in [2.75, 3.05) is 7.05 Å². The largest absolute Gasteiger partial charge is 0.360 e. The molecule has 0 fully saturated rings. The van der Waals surface area contributed by atoms with E-state index in [4.69, 9.17) is 4.52 Å². The molecular formula is C23H24N4O2S. The summed E-state index contributed by atoms with van der Waals surface area (Å²) in [5, 5.41) is 5.03. The van der Waals surface area contributed by atoms with Gasteiger partial charge in [0.15, 0.2) is 5.82 Å². The fourth-order valence-electron chi connectivity index (χ4n) is 3.47. The Kier molecular flexibility index (Phi) is 5.30. The first-order valence-corrected chi connectivity index (χ1v) is 10.6. The number of para-hydroxylation sites is 1. The van der Waals surface area contributed by atoms with E-state index in [-0.39, 0.29) is 11.9 Å². The summed E-state index contributed by atoms with van der Waals surface area (Å²) in [5.41, 5.74) is 3.98. The third kappa shape index (κ3) is 3.68. The van der Waals surface area contributed by atoms with Crippen molar-refractivity contribution in [3.05, 3.63) is 70.2 Å². The fourth-order valence-corrected chi connectivity index (χ4v) is 4.53. The van der Waals surface area contributed by atoms with E-state index in [0.29, 0.717) is 0 Å². The minimum atomic E-state index is -0.106. The van der Waals surface area contributed by atoms with Crippen molar-refractivity contribution in [2.45, 2.75) is 33.7 Å². The Hall–Kier alpha value is -3.19. The van der Waals surface area contributed by atoms with E-state index in [1.165, 1.54) is 0 Å². The van der Waals surface area contributed by atoms with Gasteiger partial charge in [0.2, 0.25) is 5.91 Å². The molecule has 0 bridgehead atoms. The van der Waals surface area contributed by atoms with Crippen LogP contribution >= 0.6 is 11.3 Å². The van der Waals surface area contributed by atoms with Gasteiger partial charge in [0.1, 0.15) is 10.8 Å². The van der Waals surface area contributed by atoms with Gasteiger partial charge in [0, 0.05) is 30.6 Å². The van der Waals surface area contributed by atoms with Gasteiger partial charge in [-0.25, -0.2) is 4.98 Å². The van der Waals surface area contributed by atoms with Gasteiger partial charge in [-0.15, -0.1) is 11.3 Å². The van der Waals surface area contributed by atoms with Crippen molar-refractivity contribution in [1.82, 2.24) is 19.6 Å². The molecule has 154 valence electrons. The molecule has 4 rings (SSSR count). The number of aromatic nitrogens is 3. The van der Waals surface area contributed by atoms with Gasteiger partial charge in [-0.3, -0.25) is 9.36 Å². The smallest absolute Gasteiger partial charge is 0.246 e. The van der Waals surface area contributed by atoms with Crippen molar-refractivity contribution in [3.63, 3.8) is 0 Å². The van der Waals surface area contributed by atoms with Crippen LogP contribution in [0.3, 0.4) is 0 Å². The van der Waals surface area contributed by atoms with Gasteiger partial charge in [0.05, 0.1) is 16.3 Å². The summed E-state index contributed by atoms with van der Waals surface area (Å²) < 4.78 is 8.36. The lowest BCUT2D eigenvalue weighted by Gasteiger charge is -2.21. The maximum absolute atomic E-state index is 12.8. The highest BCUT2D eigenvalue weighted by molar-refractivity contribution is 7.18. The molecule has 6 nitrogen and oxygen atoms in total. The van der Waals surface area contributed by atoms with Crippen molar-refractivity contribution in [3.8, 4) is 5.82 Å². The van der Waals surface area contributed by atoms with Gasteiger partial charge in [-0.1, -0.05) is 17.3 Å². The number of benzene rings is 1. The van der Waals surface area contributed by atoms with E-state index < -0.39 is 0 Å². The van der Waals surface area contributed by atoms with Crippen molar-refractivity contribution >= 4 is 33.5 Å². The lowest BCUT2D eigenvalue weighted by atomic mass is 10.2. The van der Waals surface area contributed by atoms with E-state index in [2.05, 4.69) is 16.2 Å². The molecule has 0 saturated carbocycles. The van der Waals surface area contributed by atoms with Gasteiger partial charge in [-0.05, 0) is 57.5 Å². The zero-order chi connectivity index (χ0) is 21.4. The van der Waals surface area contributed by atoms with Gasteiger partial charge in [0.25, 0.3) is 0 Å². The SMILES string of the molecule is Cc1cc(-n2c(C)cc(/C=C/C(=O)N(C)C(C)c3nc4ccccc4s3)c2C)no1. The van der Waals surface area contributed by atoms with Crippen LogP contribution in [0, 0.1) is 20.8 Å². The second-order valence-electron chi connectivity index (χ2n) is 7.44. The number of hydrogen-bond donors (Lipinski definition) is 0. The summed E-state index contributed by atoms with van der Waals surface area (Å²) in [6.07, 6.45) is 3.47. The maximum Gasteiger partial charge on any atom is 0.246 e. The molecule has 0 saturated heterocycles. The van der Waals surface area contributed by atoms with Crippen LogP contribution in [0.1, 0.15) is 40.7 Å². The monoisotopic (exact) mass is 420 g/mol. The predicted molar refractivity (Wildman–Crippen MR) is 120 cm³/mol. The van der Waals surface area contributed by atoms with Crippen LogP contribution in [0.25, 0.3) is 22.1 Å². The first kappa shape index (κ1) is 20.1. The Balaban J connectivity index is 1.53. The normalized spacial score (nSPS) is 12.7. The summed E-state index contributed by atoms with van der Waals surface area (Å²) in [4.78, 5) is 19.2. The number of nitrogens with zero attached hydrogens (tertiary/aromatic N) is 4. The molecule has 4 aromatic rings. The molecule has 7 heteroatoms. The standard InChI is InChI=1S/C23H24N4O2S/c1-14-12-18(16(3)27(14)21-13-15(2)29-25-21)10-11-22(28)26(5)17(4)23-24-19-8-6-7-9-20(19)30-23/h6-13,17H,1-5H3/b11-10+. The predicted octanol–water partition coefficient (Wildman–Crippen LogP) is 5.23. The lowest BCUT2D eigenvalue weighted by molar-refractivity contribution is -0.126. The number of aryl methyl sites for hydroxylation is 2. The summed E-state index contributed by atoms with van der Waals surface area (Å²) in [6.45, 7) is 7.89. The van der Waals surface area contributed by atoms with Crippen LogP contribution in [0.2, 0.25) is 0 Å². The van der Waals surface area contributed by atoms with Gasteiger partial charge < -0.3 is 9.42 Å². The van der Waals surface area contributed by atoms with Crippen molar-refractivity contribution in [1.29, 1.82) is 0 Å². The minimum Gasteiger partial charge on any atom is -0.360 e. The molecule has 1 unspecified atom stereocenters. The number of likely N-dealkylation sites (N-methyl/N-ethyl adjacent to an activating group) is 1. The second-order valence-corrected chi connectivity index (χ2v) is 8.50. The van der Waals surface area contributed by atoms with Crippen molar-refractivity contribution < 1.29 is 9.32 Å². The molecule has 0 spiro atoms. The third-order valence-corrected chi connectivity index (χ3v) is 6.52. The Labute approximate surface area is 179 Å². The molecule has 0 aliphatic heterocycles. The molecule has 0 N–H and O–H groups in total. The highest BCUT2D eigenvalue weighted by atomic mass is 32.1. The highest BCUT2D eigenvalue weighted by Crippen LogP contribution is 2.29. The Bertz CT molecular complexity index is 1210. The average Bonchev–Trinajstić information content (AvgIpc) is 3.42. The van der Waals surface area contributed by atoms with Crippen molar-refractivity contribution in [2.24, 2.45) is 0 Å². The molecule has 0 radical (unpaired) electrons. The van der Waals surface area contributed by atoms with E-state index in [9.17, 15) is 4.79 Å². The average molecular weight is 421 g/mol. The van der Waals surface area contributed by atoms with E-state index in [1.807, 2.05) is 75.7 Å². The molecule has 1 aromatic carbocycles. The second kappa shape index (κ2) is 7.91. The molecule has 0 aliphatic carbocycles. The zero-order valence-electron chi connectivity index (χ0n) is 17.7. The molecule has 0 aliphatic rings.